The van der Waals surface area contributed by atoms with Gasteiger partial charge in [-0.25, -0.2) is 4.79 Å². The molecule has 1 aliphatic rings. The number of hydrogen-bond acceptors (Lipinski definition) is 4. The molecule has 35 heavy (non-hydrogen) atoms. The number of aryl methyl sites for hydroxylation is 2. The zero-order chi connectivity index (χ0) is 25.1. The number of ether oxygens (including phenoxy) is 2. The van der Waals surface area contributed by atoms with E-state index in [-0.39, 0.29) is 11.2 Å². The molecule has 182 valence electrons. The van der Waals surface area contributed by atoms with E-state index in [9.17, 15) is 9.59 Å². The highest BCUT2D eigenvalue weighted by Gasteiger charge is 2.40. The molecule has 0 spiro atoms. The van der Waals surface area contributed by atoms with Gasteiger partial charge in [0, 0.05) is 14.1 Å². The van der Waals surface area contributed by atoms with E-state index in [2.05, 4.69) is 18.4 Å². The van der Waals surface area contributed by atoms with Crippen LogP contribution in [0.3, 0.4) is 0 Å². The van der Waals surface area contributed by atoms with Crippen molar-refractivity contribution in [2.24, 2.45) is 14.1 Å². The van der Waals surface area contributed by atoms with Crippen molar-refractivity contribution in [2.45, 2.75) is 39.3 Å². The third-order valence-corrected chi connectivity index (χ3v) is 6.88. The lowest BCUT2D eigenvalue weighted by Gasteiger charge is -2.39. The molecule has 0 bridgehead atoms. The Morgan fingerprint density at radius 3 is 2.29 bits per heavy atom. The average Bonchev–Trinajstić information content (AvgIpc) is 3.20. The molecule has 2 aromatic carbocycles. The van der Waals surface area contributed by atoms with Crippen LogP contribution in [0.5, 0.6) is 5.75 Å². The summed E-state index contributed by atoms with van der Waals surface area (Å²) in [7, 11) is 3.26. The molecular formula is C28H31N3O4. The van der Waals surface area contributed by atoms with E-state index in [1.165, 1.54) is 11.6 Å². The maximum atomic E-state index is 13.6. The minimum Gasteiger partial charge on any atom is -0.494 e. The smallest absolute Gasteiger partial charge is 0.331 e. The minimum absolute atomic E-state index is 0.304. The minimum atomic E-state index is -0.447. The number of rotatable bonds is 4. The molecule has 0 saturated heterocycles. The zero-order valence-electron chi connectivity index (χ0n) is 21.1. The summed E-state index contributed by atoms with van der Waals surface area (Å²) in [6.45, 7) is 9.23. The Balaban J connectivity index is 1.91. The predicted molar refractivity (Wildman–Crippen MR) is 137 cm³/mol. The lowest BCUT2D eigenvalue weighted by molar-refractivity contribution is -0.00709. The van der Waals surface area contributed by atoms with Gasteiger partial charge in [-0.2, -0.15) is 0 Å². The van der Waals surface area contributed by atoms with Crippen molar-refractivity contribution in [1.82, 2.24) is 13.7 Å². The topological polar surface area (TPSA) is 67.4 Å². The molecule has 3 heterocycles. The van der Waals surface area contributed by atoms with E-state index in [0.717, 1.165) is 33.8 Å². The molecule has 0 fully saturated rings. The number of hydrogen-bond donors (Lipinski definition) is 0. The molecular weight excluding hydrogens is 442 g/mol. The number of aromatic nitrogens is 3. The van der Waals surface area contributed by atoms with Crippen LogP contribution in [0.1, 0.15) is 43.7 Å². The summed E-state index contributed by atoms with van der Waals surface area (Å²) in [5.41, 5.74) is 4.14. The fourth-order valence-electron chi connectivity index (χ4n) is 5.14. The molecule has 0 amide bonds. The van der Waals surface area contributed by atoms with Crippen molar-refractivity contribution in [3.05, 3.63) is 86.2 Å². The Morgan fingerprint density at radius 2 is 1.66 bits per heavy atom. The maximum Gasteiger partial charge on any atom is 0.331 e. The second-order valence-electron chi connectivity index (χ2n) is 9.87. The first-order valence-corrected chi connectivity index (χ1v) is 11.9. The highest BCUT2D eigenvalue weighted by atomic mass is 16.5. The normalized spacial score (nSPS) is 16.9. The van der Waals surface area contributed by atoms with Gasteiger partial charge in [-0.1, -0.05) is 42.0 Å². The van der Waals surface area contributed by atoms with Crippen molar-refractivity contribution >= 4 is 10.9 Å². The number of fused-ring (bicyclic) bond motifs is 3. The Hall–Kier alpha value is -3.58. The van der Waals surface area contributed by atoms with Crippen molar-refractivity contribution in [2.75, 3.05) is 13.2 Å². The summed E-state index contributed by atoms with van der Waals surface area (Å²) in [6, 6.07) is 16.0. The molecule has 1 atom stereocenters. The van der Waals surface area contributed by atoms with Crippen molar-refractivity contribution in [1.29, 1.82) is 0 Å². The first-order valence-electron chi connectivity index (χ1n) is 11.9. The van der Waals surface area contributed by atoms with Crippen molar-refractivity contribution in [3.8, 4) is 17.0 Å². The van der Waals surface area contributed by atoms with E-state index in [1.54, 1.807) is 11.6 Å². The molecule has 0 N–H and O–H groups in total. The number of benzene rings is 2. The molecule has 0 aliphatic carbocycles. The van der Waals surface area contributed by atoms with Crippen LogP contribution in [0.2, 0.25) is 0 Å². The molecule has 7 heteroatoms. The van der Waals surface area contributed by atoms with Crippen LogP contribution < -0.4 is 16.0 Å². The number of nitrogens with zero attached hydrogens (tertiary/aromatic N) is 3. The van der Waals surface area contributed by atoms with E-state index < -0.39 is 11.6 Å². The highest BCUT2D eigenvalue weighted by molar-refractivity contribution is 5.96. The molecule has 4 aromatic rings. The first kappa shape index (κ1) is 23.2. The van der Waals surface area contributed by atoms with E-state index in [4.69, 9.17) is 9.47 Å². The quantitative estimate of drug-likeness (QED) is 0.444. The second-order valence-corrected chi connectivity index (χ2v) is 9.87. The maximum absolute atomic E-state index is 13.6. The largest absolute Gasteiger partial charge is 0.494 e. The van der Waals surface area contributed by atoms with Gasteiger partial charge >= 0.3 is 5.69 Å². The van der Waals surface area contributed by atoms with E-state index >= 15 is 0 Å². The average molecular weight is 474 g/mol. The van der Waals surface area contributed by atoms with Gasteiger partial charge in [-0.15, -0.1) is 0 Å². The Kier molecular flexibility index (Phi) is 5.48. The summed E-state index contributed by atoms with van der Waals surface area (Å²) in [6.07, 6.45) is -0.446. The van der Waals surface area contributed by atoms with Gasteiger partial charge in [0.05, 0.1) is 41.0 Å². The van der Waals surface area contributed by atoms with Crippen LogP contribution in [0.25, 0.3) is 22.2 Å². The molecule has 1 aliphatic heterocycles. The third kappa shape index (κ3) is 3.53. The van der Waals surface area contributed by atoms with Crippen LogP contribution in [-0.4, -0.2) is 26.9 Å². The van der Waals surface area contributed by atoms with Crippen LogP contribution >= 0.6 is 0 Å². The lowest BCUT2D eigenvalue weighted by atomic mass is 9.98. The molecule has 7 nitrogen and oxygen atoms in total. The molecule has 2 aromatic heterocycles. The molecule has 0 radical (unpaired) electrons. The summed E-state index contributed by atoms with van der Waals surface area (Å²) in [5.74, 6) is 0.786. The Labute approximate surface area is 204 Å². The van der Waals surface area contributed by atoms with Gasteiger partial charge in [-0.05, 0) is 51.0 Å². The van der Waals surface area contributed by atoms with E-state index in [1.807, 2.05) is 62.4 Å². The standard InChI is InChI=1S/C28H31N3O4/c1-7-34-20-14-12-19(13-15-20)25-24-23-21(26(32)30(6)27(33)29(23)5)22(18-10-8-17(2)9-11-18)31(24)28(3,4)16-35-25/h8-15,25H,7,16H2,1-6H3. The van der Waals surface area contributed by atoms with Gasteiger partial charge in [0.25, 0.3) is 5.56 Å². The van der Waals surface area contributed by atoms with Crippen LogP contribution in [0.15, 0.2) is 58.1 Å². The first-order chi connectivity index (χ1) is 16.7. The van der Waals surface area contributed by atoms with Gasteiger partial charge in [0.1, 0.15) is 11.9 Å². The highest BCUT2D eigenvalue weighted by Crippen LogP contribution is 2.45. The second kappa shape index (κ2) is 8.27. The van der Waals surface area contributed by atoms with Gasteiger partial charge in [0.2, 0.25) is 0 Å². The SMILES string of the molecule is CCOc1ccc(C2OCC(C)(C)n3c(-c4ccc(C)cc4)c4c(=O)n(C)c(=O)n(C)c4c32)cc1. The van der Waals surface area contributed by atoms with Crippen LogP contribution in [-0.2, 0) is 24.4 Å². The molecule has 0 saturated carbocycles. The molecule has 1 unspecified atom stereocenters. The van der Waals surface area contributed by atoms with Crippen LogP contribution in [0, 0.1) is 6.92 Å². The zero-order valence-corrected chi connectivity index (χ0v) is 21.1. The Morgan fingerprint density at radius 1 is 1.00 bits per heavy atom. The fraction of sp³-hybridized carbons (Fsp3) is 0.357. The van der Waals surface area contributed by atoms with Gasteiger partial charge in [-0.3, -0.25) is 13.9 Å². The summed E-state index contributed by atoms with van der Waals surface area (Å²) < 4.78 is 17.1. The van der Waals surface area contributed by atoms with E-state index in [0.29, 0.717) is 24.1 Å². The van der Waals surface area contributed by atoms with Gasteiger partial charge < -0.3 is 14.0 Å². The lowest BCUT2D eigenvalue weighted by Crippen LogP contribution is -2.40. The monoisotopic (exact) mass is 473 g/mol. The van der Waals surface area contributed by atoms with Gasteiger partial charge in [0.15, 0.2) is 0 Å². The van der Waals surface area contributed by atoms with Crippen LogP contribution in [0.4, 0.5) is 0 Å². The molecule has 5 rings (SSSR count). The van der Waals surface area contributed by atoms with Crippen molar-refractivity contribution < 1.29 is 9.47 Å². The Bertz CT molecular complexity index is 1540. The fourth-order valence-corrected chi connectivity index (χ4v) is 5.14. The third-order valence-electron chi connectivity index (χ3n) is 6.88. The summed E-state index contributed by atoms with van der Waals surface area (Å²) in [5, 5.41) is 0.531. The predicted octanol–water partition coefficient (Wildman–Crippen LogP) is 4.27. The van der Waals surface area contributed by atoms with Crippen molar-refractivity contribution in [3.63, 3.8) is 0 Å². The summed E-state index contributed by atoms with van der Waals surface area (Å²) >= 11 is 0. The summed E-state index contributed by atoms with van der Waals surface area (Å²) in [4.78, 5) is 26.7.